The summed E-state index contributed by atoms with van der Waals surface area (Å²) in [6.45, 7) is 2.70. The maximum Gasteiger partial charge on any atom is 0.0810 e. The molecule has 0 radical (unpaired) electrons. The Morgan fingerprint density at radius 1 is 1.50 bits per heavy atom. The zero-order valence-corrected chi connectivity index (χ0v) is 7.98. The highest BCUT2D eigenvalue weighted by atomic mass is 35.5. The molecule has 2 nitrogen and oxygen atoms in total. The Morgan fingerprint density at radius 3 is 2.83 bits per heavy atom. The molecule has 0 aromatic heterocycles. The largest absolute Gasteiger partial charge is 0.381 e. The molecule has 3 heteroatoms. The molecular formula is C9H15ClO2. The lowest BCUT2D eigenvalue weighted by Gasteiger charge is -2.23. The highest BCUT2D eigenvalue weighted by Gasteiger charge is 2.36. The number of epoxide rings is 1. The Labute approximate surface area is 78.2 Å². The van der Waals surface area contributed by atoms with E-state index in [1.165, 1.54) is 6.42 Å². The van der Waals surface area contributed by atoms with E-state index in [0.717, 1.165) is 38.5 Å². The van der Waals surface area contributed by atoms with Crippen molar-refractivity contribution in [1.82, 2.24) is 0 Å². The van der Waals surface area contributed by atoms with E-state index in [1.54, 1.807) is 0 Å². The van der Waals surface area contributed by atoms with E-state index in [1.807, 2.05) is 0 Å². The van der Waals surface area contributed by atoms with Gasteiger partial charge in [0.25, 0.3) is 0 Å². The maximum atomic E-state index is 5.95. The lowest BCUT2D eigenvalue weighted by molar-refractivity contribution is 0.153. The average Bonchev–Trinajstić information content (AvgIpc) is 2.82. The number of alkyl halides is 1. The Morgan fingerprint density at radius 2 is 2.33 bits per heavy atom. The quantitative estimate of drug-likeness (QED) is 0.498. The first-order valence-electron chi connectivity index (χ1n) is 4.60. The summed E-state index contributed by atoms with van der Waals surface area (Å²) in [4.78, 5) is 0. The van der Waals surface area contributed by atoms with Gasteiger partial charge in [-0.05, 0) is 19.3 Å². The fourth-order valence-electron chi connectivity index (χ4n) is 1.72. The van der Waals surface area contributed by atoms with Gasteiger partial charge in [-0.25, -0.2) is 0 Å². The zero-order valence-electron chi connectivity index (χ0n) is 7.22. The van der Waals surface area contributed by atoms with Gasteiger partial charge in [-0.15, -0.1) is 11.6 Å². The third kappa shape index (κ3) is 1.93. The van der Waals surface area contributed by atoms with Gasteiger partial charge in [-0.1, -0.05) is 0 Å². The Hall–Kier alpha value is 0.210. The molecule has 0 aromatic rings. The standard InChI is InChI=1S/C9H15ClO2/c10-6-9(3-4-11-7-9)2-1-8-5-12-8/h8H,1-7H2. The first kappa shape index (κ1) is 8.79. The molecule has 2 heterocycles. The van der Waals surface area contributed by atoms with E-state index in [0.29, 0.717) is 6.10 Å². The molecule has 0 amide bonds. The number of hydrogen-bond acceptors (Lipinski definition) is 2. The second kappa shape index (κ2) is 3.52. The predicted octanol–water partition coefficient (Wildman–Crippen LogP) is 1.81. The summed E-state index contributed by atoms with van der Waals surface area (Å²) in [5.41, 5.74) is 0.271. The monoisotopic (exact) mass is 190 g/mol. The SMILES string of the molecule is ClCC1(CCC2CO2)CCOC1. The first-order valence-corrected chi connectivity index (χ1v) is 5.13. The molecule has 2 aliphatic rings. The zero-order chi connectivity index (χ0) is 8.44. The molecule has 2 rings (SSSR count). The average molecular weight is 191 g/mol. The van der Waals surface area contributed by atoms with Crippen LogP contribution in [0, 0.1) is 5.41 Å². The van der Waals surface area contributed by atoms with Crippen LogP contribution in [0.4, 0.5) is 0 Å². The van der Waals surface area contributed by atoms with Crippen molar-refractivity contribution in [1.29, 1.82) is 0 Å². The summed E-state index contributed by atoms with van der Waals surface area (Å²) in [6, 6.07) is 0. The van der Waals surface area contributed by atoms with Gasteiger partial charge in [-0.3, -0.25) is 0 Å². The van der Waals surface area contributed by atoms with Gasteiger partial charge in [0.15, 0.2) is 0 Å². The summed E-state index contributed by atoms with van der Waals surface area (Å²) < 4.78 is 10.6. The second-order valence-corrected chi connectivity index (χ2v) is 4.20. The van der Waals surface area contributed by atoms with Crippen LogP contribution in [0.5, 0.6) is 0 Å². The first-order chi connectivity index (χ1) is 5.85. The molecule has 2 atom stereocenters. The molecule has 0 spiro atoms. The van der Waals surface area contributed by atoms with Crippen molar-refractivity contribution in [3.63, 3.8) is 0 Å². The predicted molar refractivity (Wildman–Crippen MR) is 47.6 cm³/mol. The van der Waals surface area contributed by atoms with Gasteiger partial charge in [0.1, 0.15) is 0 Å². The Balaban J connectivity index is 1.79. The van der Waals surface area contributed by atoms with Crippen LogP contribution in [0.3, 0.4) is 0 Å². The minimum atomic E-state index is 0.271. The van der Waals surface area contributed by atoms with E-state index < -0.39 is 0 Å². The number of rotatable bonds is 4. The molecule has 2 aliphatic heterocycles. The highest BCUT2D eigenvalue weighted by molar-refractivity contribution is 6.18. The van der Waals surface area contributed by atoms with Crippen molar-refractivity contribution in [2.24, 2.45) is 5.41 Å². The summed E-state index contributed by atoms with van der Waals surface area (Å²) in [5.74, 6) is 0.736. The molecule has 2 fully saturated rings. The minimum Gasteiger partial charge on any atom is -0.381 e. The van der Waals surface area contributed by atoms with Gasteiger partial charge in [-0.2, -0.15) is 0 Å². The van der Waals surface area contributed by atoms with Crippen LogP contribution in [-0.2, 0) is 9.47 Å². The van der Waals surface area contributed by atoms with Crippen LogP contribution in [-0.4, -0.2) is 31.8 Å². The smallest absolute Gasteiger partial charge is 0.0810 e. The van der Waals surface area contributed by atoms with Gasteiger partial charge in [0, 0.05) is 17.9 Å². The van der Waals surface area contributed by atoms with E-state index in [-0.39, 0.29) is 5.41 Å². The van der Waals surface area contributed by atoms with Crippen LogP contribution in [0.1, 0.15) is 19.3 Å². The molecule has 0 saturated carbocycles. The van der Waals surface area contributed by atoms with Crippen LogP contribution in [0.25, 0.3) is 0 Å². The lowest BCUT2D eigenvalue weighted by Crippen LogP contribution is -2.23. The fourth-order valence-corrected chi connectivity index (χ4v) is 2.07. The van der Waals surface area contributed by atoms with Crippen LogP contribution < -0.4 is 0 Å². The van der Waals surface area contributed by atoms with Crippen LogP contribution >= 0.6 is 11.6 Å². The molecule has 70 valence electrons. The van der Waals surface area contributed by atoms with Gasteiger partial charge in [0.05, 0.1) is 19.3 Å². The van der Waals surface area contributed by atoms with E-state index in [4.69, 9.17) is 21.1 Å². The molecule has 2 unspecified atom stereocenters. The van der Waals surface area contributed by atoms with E-state index in [9.17, 15) is 0 Å². The molecule has 0 aliphatic carbocycles. The fraction of sp³-hybridized carbons (Fsp3) is 1.00. The van der Waals surface area contributed by atoms with Crippen molar-refractivity contribution in [2.45, 2.75) is 25.4 Å². The van der Waals surface area contributed by atoms with Crippen LogP contribution in [0.2, 0.25) is 0 Å². The van der Waals surface area contributed by atoms with Crippen LogP contribution in [0.15, 0.2) is 0 Å². The second-order valence-electron chi connectivity index (χ2n) is 3.93. The Kier molecular flexibility index (Phi) is 2.58. The number of hydrogen-bond donors (Lipinski definition) is 0. The maximum absolute atomic E-state index is 5.95. The molecule has 0 bridgehead atoms. The van der Waals surface area contributed by atoms with Crippen molar-refractivity contribution in [3.8, 4) is 0 Å². The van der Waals surface area contributed by atoms with Crippen molar-refractivity contribution >= 4 is 11.6 Å². The molecular weight excluding hydrogens is 176 g/mol. The normalized spacial score (nSPS) is 40.2. The lowest BCUT2D eigenvalue weighted by atomic mass is 9.84. The van der Waals surface area contributed by atoms with Crippen molar-refractivity contribution in [3.05, 3.63) is 0 Å². The van der Waals surface area contributed by atoms with Crippen molar-refractivity contribution < 1.29 is 9.47 Å². The molecule has 0 aromatic carbocycles. The van der Waals surface area contributed by atoms with Gasteiger partial charge >= 0.3 is 0 Å². The third-order valence-corrected chi connectivity index (χ3v) is 3.43. The molecule has 0 N–H and O–H groups in total. The third-order valence-electron chi connectivity index (χ3n) is 2.87. The van der Waals surface area contributed by atoms with E-state index >= 15 is 0 Å². The summed E-state index contributed by atoms with van der Waals surface area (Å²) in [6.07, 6.45) is 3.99. The van der Waals surface area contributed by atoms with Gasteiger partial charge < -0.3 is 9.47 Å². The number of halogens is 1. The Bertz CT molecular complexity index is 151. The number of ether oxygens (including phenoxy) is 2. The summed E-state index contributed by atoms with van der Waals surface area (Å²) >= 11 is 5.95. The minimum absolute atomic E-state index is 0.271. The topological polar surface area (TPSA) is 21.8 Å². The molecule has 12 heavy (non-hydrogen) atoms. The highest BCUT2D eigenvalue weighted by Crippen LogP contribution is 2.36. The summed E-state index contributed by atoms with van der Waals surface area (Å²) in [5, 5.41) is 0. The van der Waals surface area contributed by atoms with Gasteiger partial charge in [0.2, 0.25) is 0 Å². The summed E-state index contributed by atoms with van der Waals surface area (Å²) in [7, 11) is 0. The van der Waals surface area contributed by atoms with Crippen molar-refractivity contribution in [2.75, 3.05) is 25.7 Å². The molecule has 2 saturated heterocycles. The van der Waals surface area contributed by atoms with E-state index in [2.05, 4.69) is 0 Å².